The summed E-state index contributed by atoms with van der Waals surface area (Å²) in [6.07, 6.45) is 1.50. The minimum absolute atomic E-state index is 0.0659. The van der Waals surface area contributed by atoms with Gasteiger partial charge in [0.15, 0.2) is 0 Å². The van der Waals surface area contributed by atoms with E-state index in [4.69, 9.17) is 0 Å². The van der Waals surface area contributed by atoms with Gasteiger partial charge in [-0.3, -0.25) is 0 Å². The minimum Gasteiger partial charge on any atom is -0.300 e. The molecule has 3 rings (SSSR count). The minimum atomic E-state index is -3.41. The summed E-state index contributed by atoms with van der Waals surface area (Å²) in [5, 5.41) is 0. The predicted octanol–water partition coefficient (Wildman–Crippen LogP) is 1.98. The summed E-state index contributed by atoms with van der Waals surface area (Å²) < 4.78 is 26.7. The van der Waals surface area contributed by atoms with Crippen molar-refractivity contribution in [1.29, 1.82) is 0 Å². The van der Waals surface area contributed by atoms with Gasteiger partial charge in [-0.15, -0.1) is 0 Å². The molecule has 5 heteroatoms. The third-order valence-corrected chi connectivity index (χ3v) is 6.36. The van der Waals surface area contributed by atoms with E-state index in [9.17, 15) is 13.2 Å². The van der Waals surface area contributed by atoms with Gasteiger partial charge >= 0.3 is 0 Å². The fourth-order valence-corrected chi connectivity index (χ4v) is 4.94. The number of benzene rings is 1. The number of fused-ring (bicyclic) bond motifs is 1. The van der Waals surface area contributed by atoms with Crippen LogP contribution in [0.15, 0.2) is 29.2 Å². The molecule has 1 aliphatic heterocycles. The van der Waals surface area contributed by atoms with E-state index in [1.807, 2.05) is 19.1 Å². The van der Waals surface area contributed by atoms with E-state index in [1.165, 1.54) is 0 Å². The van der Waals surface area contributed by atoms with Crippen molar-refractivity contribution in [2.24, 2.45) is 11.3 Å². The average molecular weight is 293 g/mol. The first kappa shape index (κ1) is 13.8. The van der Waals surface area contributed by atoms with Crippen LogP contribution in [-0.2, 0) is 14.8 Å². The number of Topliss-reactive ketones (excluding diaryl/α,β-unsaturated/α-hetero) is 1. The number of ketones is 1. The zero-order valence-electron chi connectivity index (χ0n) is 11.8. The molecule has 20 heavy (non-hydrogen) atoms. The number of piperidine rings is 1. The van der Waals surface area contributed by atoms with Crippen LogP contribution in [0.2, 0.25) is 0 Å². The number of hydrogen-bond donors (Lipinski definition) is 0. The monoisotopic (exact) mass is 293 g/mol. The summed E-state index contributed by atoms with van der Waals surface area (Å²) >= 11 is 0. The normalized spacial score (nSPS) is 29.2. The van der Waals surface area contributed by atoms with Crippen molar-refractivity contribution < 1.29 is 13.2 Å². The van der Waals surface area contributed by atoms with E-state index in [1.54, 1.807) is 23.4 Å². The number of rotatable bonds is 4. The Bertz CT molecular complexity index is 650. The average Bonchev–Trinajstić information content (AvgIpc) is 2.89. The molecule has 4 nitrogen and oxygen atoms in total. The Morgan fingerprint density at radius 1 is 1.35 bits per heavy atom. The maximum absolute atomic E-state index is 12.6. The first-order chi connectivity index (χ1) is 9.33. The van der Waals surface area contributed by atoms with E-state index < -0.39 is 10.0 Å². The summed E-state index contributed by atoms with van der Waals surface area (Å²) in [5.41, 5.74) is 0.977. The highest BCUT2D eigenvalue weighted by atomic mass is 32.2. The fourth-order valence-electron chi connectivity index (χ4n) is 3.36. The molecule has 1 saturated heterocycles. The van der Waals surface area contributed by atoms with Gasteiger partial charge in [-0.1, -0.05) is 17.7 Å². The third-order valence-electron chi connectivity index (χ3n) is 4.53. The lowest BCUT2D eigenvalue weighted by Crippen LogP contribution is -2.32. The first-order valence-corrected chi connectivity index (χ1v) is 8.34. The second-order valence-corrected chi connectivity index (χ2v) is 8.19. The topological polar surface area (TPSA) is 54.5 Å². The third kappa shape index (κ3) is 2.19. The van der Waals surface area contributed by atoms with Crippen molar-refractivity contribution >= 4 is 15.8 Å². The summed E-state index contributed by atoms with van der Waals surface area (Å²) in [6.45, 7) is 4.57. The molecule has 1 aromatic carbocycles. The number of nitrogens with zero attached hydrogens (tertiary/aromatic N) is 1. The SMILES string of the molecule is CC(=O)C[C@]12C[C@H]1CN(S(=O)(=O)c1ccc(C)cc1)C2. The molecule has 1 saturated carbocycles. The van der Waals surface area contributed by atoms with Gasteiger partial charge < -0.3 is 4.79 Å². The highest BCUT2D eigenvalue weighted by molar-refractivity contribution is 7.89. The van der Waals surface area contributed by atoms with E-state index in [0.717, 1.165) is 12.0 Å². The zero-order valence-corrected chi connectivity index (χ0v) is 12.6. The second kappa shape index (κ2) is 4.40. The van der Waals surface area contributed by atoms with Crippen LogP contribution in [-0.4, -0.2) is 31.6 Å². The Labute approximate surface area is 119 Å². The first-order valence-electron chi connectivity index (χ1n) is 6.90. The number of aryl methyl sites for hydroxylation is 1. The quantitative estimate of drug-likeness (QED) is 0.853. The summed E-state index contributed by atoms with van der Waals surface area (Å²) in [4.78, 5) is 11.7. The molecule has 2 fully saturated rings. The van der Waals surface area contributed by atoms with E-state index in [2.05, 4.69) is 0 Å². The molecule has 0 spiro atoms. The fraction of sp³-hybridized carbons (Fsp3) is 0.533. The van der Waals surface area contributed by atoms with Crippen LogP contribution in [0.3, 0.4) is 0 Å². The molecule has 108 valence electrons. The molecule has 0 aromatic heterocycles. The molecular formula is C15H19NO3S. The van der Waals surface area contributed by atoms with Crippen molar-refractivity contribution in [1.82, 2.24) is 4.31 Å². The van der Waals surface area contributed by atoms with Crippen molar-refractivity contribution in [3.63, 3.8) is 0 Å². The highest BCUT2D eigenvalue weighted by Crippen LogP contribution is 2.60. The van der Waals surface area contributed by atoms with Gasteiger partial charge in [-0.25, -0.2) is 8.42 Å². The van der Waals surface area contributed by atoms with Gasteiger partial charge in [0.2, 0.25) is 10.0 Å². The molecule has 1 aliphatic carbocycles. The van der Waals surface area contributed by atoms with E-state index >= 15 is 0 Å². The molecule has 0 unspecified atom stereocenters. The number of carbonyl (C=O) groups excluding carboxylic acids is 1. The number of carbonyl (C=O) groups is 1. The van der Waals surface area contributed by atoms with Crippen molar-refractivity contribution in [2.45, 2.75) is 31.6 Å². The van der Waals surface area contributed by atoms with Crippen molar-refractivity contribution in [3.8, 4) is 0 Å². The lowest BCUT2D eigenvalue weighted by Gasteiger charge is -2.20. The molecular weight excluding hydrogens is 274 g/mol. The molecule has 2 aliphatic rings. The summed E-state index contributed by atoms with van der Waals surface area (Å²) in [5.74, 6) is 0.522. The van der Waals surface area contributed by atoms with Gasteiger partial charge in [0.25, 0.3) is 0 Å². The smallest absolute Gasteiger partial charge is 0.243 e. The number of hydrogen-bond acceptors (Lipinski definition) is 3. The lowest BCUT2D eigenvalue weighted by atomic mass is 9.99. The predicted molar refractivity (Wildman–Crippen MR) is 75.8 cm³/mol. The Hall–Kier alpha value is -1.20. The van der Waals surface area contributed by atoms with Gasteiger partial charge in [0, 0.05) is 19.5 Å². The van der Waals surface area contributed by atoms with Gasteiger partial charge in [-0.2, -0.15) is 4.31 Å². The van der Waals surface area contributed by atoms with Crippen LogP contribution in [0.5, 0.6) is 0 Å². The maximum atomic E-state index is 12.6. The molecule has 0 amide bonds. The molecule has 0 radical (unpaired) electrons. The van der Waals surface area contributed by atoms with Gasteiger partial charge in [0.1, 0.15) is 5.78 Å². The summed E-state index contributed by atoms with van der Waals surface area (Å²) in [7, 11) is -3.41. The molecule has 0 N–H and O–H groups in total. The Morgan fingerprint density at radius 3 is 2.60 bits per heavy atom. The van der Waals surface area contributed by atoms with Crippen molar-refractivity contribution in [2.75, 3.05) is 13.1 Å². The van der Waals surface area contributed by atoms with Gasteiger partial charge in [-0.05, 0) is 43.7 Å². The van der Waals surface area contributed by atoms with Crippen LogP contribution in [0.4, 0.5) is 0 Å². The highest BCUT2D eigenvalue weighted by Gasteiger charge is 2.62. The maximum Gasteiger partial charge on any atom is 0.243 e. The van der Waals surface area contributed by atoms with Crippen LogP contribution in [0, 0.1) is 18.3 Å². The van der Waals surface area contributed by atoms with Crippen LogP contribution < -0.4 is 0 Å². The Balaban J connectivity index is 1.81. The molecule has 2 atom stereocenters. The van der Waals surface area contributed by atoms with Crippen LogP contribution >= 0.6 is 0 Å². The Morgan fingerprint density at radius 2 is 2.00 bits per heavy atom. The molecule has 0 bridgehead atoms. The largest absolute Gasteiger partial charge is 0.300 e. The van der Waals surface area contributed by atoms with Gasteiger partial charge in [0.05, 0.1) is 4.90 Å². The second-order valence-electron chi connectivity index (χ2n) is 6.25. The van der Waals surface area contributed by atoms with E-state index in [-0.39, 0.29) is 11.2 Å². The molecule has 1 heterocycles. The Kier molecular flexibility index (Phi) is 3.03. The van der Waals surface area contributed by atoms with E-state index in [0.29, 0.717) is 30.3 Å². The summed E-state index contributed by atoms with van der Waals surface area (Å²) in [6, 6.07) is 6.95. The van der Waals surface area contributed by atoms with Crippen LogP contribution in [0.1, 0.15) is 25.3 Å². The zero-order chi connectivity index (χ0) is 14.5. The number of sulfonamides is 1. The van der Waals surface area contributed by atoms with Crippen molar-refractivity contribution in [3.05, 3.63) is 29.8 Å². The standard InChI is InChI=1S/C15H19NO3S/c1-11-3-5-14(6-4-11)20(18,19)16-9-13-8-15(13,10-16)7-12(2)17/h3-6,13H,7-10H2,1-2H3/t13-,15+/m0/s1. The lowest BCUT2D eigenvalue weighted by molar-refractivity contribution is -0.118. The van der Waals surface area contributed by atoms with Crippen LogP contribution in [0.25, 0.3) is 0 Å². The molecule has 1 aromatic rings.